The number of amides is 2. The number of hydrazine groups is 1. The maximum Gasteiger partial charge on any atom is 0.434 e. The zero-order chi connectivity index (χ0) is 23.5. The smallest absolute Gasteiger partial charge is 0.434 e. The molecule has 0 aliphatic rings. The minimum absolute atomic E-state index is 0.157. The summed E-state index contributed by atoms with van der Waals surface area (Å²) in [6, 6.07) is 11.1. The maximum absolute atomic E-state index is 13.7. The molecule has 32 heavy (non-hydrogen) atoms. The number of hydrogen-bond acceptors (Lipinski definition) is 4. The van der Waals surface area contributed by atoms with Crippen molar-refractivity contribution in [2.45, 2.75) is 26.1 Å². The number of aromatic nitrogens is 2. The second-order valence-corrected chi connectivity index (χ2v) is 6.76. The average molecular weight is 450 g/mol. The molecule has 3 aromatic rings. The third kappa shape index (κ3) is 5.05. The molecule has 168 valence electrons. The van der Waals surface area contributed by atoms with Gasteiger partial charge in [-0.3, -0.25) is 20.4 Å². The van der Waals surface area contributed by atoms with Crippen LogP contribution in [-0.4, -0.2) is 27.7 Å². The van der Waals surface area contributed by atoms with Crippen molar-refractivity contribution in [3.05, 3.63) is 77.4 Å². The normalized spacial score (nSPS) is 12.2. The summed E-state index contributed by atoms with van der Waals surface area (Å²) in [5.74, 6) is -2.34. The zero-order valence-electron chi connectivity index (χ0n) is 16.9. The first-order valence-electron chi connectivity index (χ1n) is 9.31. The van der Waals surface area contributed by atoms with E-state index in [2.05, 4.69) is 5.10 Å². The number of aryl methyl sites for hydroxylation is 1. The third-order valence-corrected chi connectivity index (χ3v) is 4.42. The molecule has 0 aliphatic carbocycles. The Bertz CT molecular complexity index is 1130. The van der Waals surface area contributed by atoms with Crippen LogP contribution in [0.25, 0.3) is 5.69 Å². The highest BCUT2D eigenvalue weighted by Crippen LogP contribution is 2.34. The van der Waals surface area contributed by atoms with Gasteiger partial charge >= 0.3 is 6.18 Å². The summed E-state index contributed by atoms with van der Waals surface area (Å²) in [7, 11) is 0. The quantitative estimate of drug-likeness (QED) is 0.460. The van der Waals surface area contributed by atoms with Crippen LogP contribution in [0.1, 0.15) is 28.5 Å². The highest BCUT2D eigenvalue weighted by atomic mass is 19.4. The Hall–Kier alpha value is -3.89. The summed E-state index contributed by atoms with van der Waals surface area (Å²) < 4.78 is 60.1. The number of benzene rings is 2. The first kappa shape index (κ1) is 22.8. The van der Waals surface area contributed by atoms with Crippen molar-refractivity contribution in [3.8, 4) is 11.4 Å². The third-order valence-electron chi connectivity index (χ3n) is 4.42. The van der Waals surface area contributed by atoms with Gasteiger partial charge in [0.05, 0.1) is 17.4 Å². The SMILES string of the molecule is Cc1ccccc1-n1ncc(C(=O)NNC(=O)C(C)Oc2ccc(F)cc2)c1C(F)(F)F. The first-order valence-corrected chi connectivity index (χ1v) is 9.31. The summed E-state index contributed by atoms with van der Waals surface area (Å²) >= 11 is 0. The lowest BCUT2D eigenvalue weighted by molar-refractivity contribution is -0.143. The van der Waals surface area contributed by atoms with Gasteiger partial charge in [0, 0.05) is 0 Å². The van der Waals surface area contributed by atoms with Crippen molar-refractivity contribution in [2.24, 2.45) is 0 Å². The van der Waals surface area contributed by atoms with E-state index < -0.39 is 41.2 Å². The van der Waals surface area contributed by atoms with Gasteiger partial charge in [-0.2, -0.15) is 18.3 Å². The number of nitrogens with one attached hydrogen (secondary N) is 2. The van der Waals surface area contributed by atoms with Gasteiger partial charge in [-0.1, -0.05) is 18.2 Å². The van der Waals surface area contributed by atoms with Crippen LogP contribution < -0.4 is 15.6 Å². The highest BCUT2D eigenvalue weighted by Gasteiger charge is 2.41. The molecule has 2 N–H and O–H groups in total. The van der Waals surface area contributed by atoms with Gasteiger partial charge < -0.3 is 4.74 Å². The van der Waals surface area contributed by atoms with E-state index in [0.717, 1.165) is 18.3 Å². The summed E-state index contributed by atoms with van der Waals surface area (Å²) in [5.41, 5.74) is 2.57. The number of ether oxygens (including phenoxy) is 1. The van der Waals surface area contributed by atoms with Crippen LogP contribution in [0.15, 0.2) is 54.7 Å². The van der Waals surface area contributed by atoms with Crippen LogP contribution in [0.4, 0.5) is 17.6 Å². The Balaban J connectivity index is 1.74. The minimum atomic E-state index is -4.89. The molecule has 0 saturated carbocycles. The fourth-order valence-electron chi connectivity index (χ4n) is 2.83. The Labute approximate surface area is 180 Å². The molecule has 3 rings (SSSR count). The number of nitrogens with zero attached hydrogens (tertiary/aromatic N) is 2. The van der Waals surface area contributed by atoms with Crippen LogP contribution in [0.2, 0.25) is 0 Å². The topological polar surface area (TPSA) is 85.3 Å². The molecule has 2 aromatic carbocycles. The van der Waals surface area contributed by atoms with E-state index in [1.807, 2.05) is 10.9 Å². The Kier molecular flexibility index (Phi) is 6.47. The molecule has 1 aromatic heterocycles. The molecule has 11 heteroatoms. The van der Waals surface area contributed by atoms with Crippen LogP contribution >= 0.6 is 0 Å². The highest BCUT2D eigenvalue weighted by molar-refractivity contribution is 5.96. The van der Waals surface area contributed by atoms with Gasteiger partial charge in [-0.05, 0) is 49.7 Å². The van der Waals surface area contributed by atoms with E-state index in [1.54, 1.807) is 25.1 Å². The van der Waals surface area contributed by atoms with Crippen molar-refractivity contribution in [1.82, 2.24) is 20.6 Å². The van der Waals surface area contributed by atoms with Crippen molar-refractivity contribution < 1.29 is 31.9 Å². The van der Waals surface area contributed by atoms with Gasteiger partial charge in [-0.25, -0.2) is 9.07 Å². The monoisotopic (exact) mass is 450 g/mol. The second-order valence-electron chi connectivity index (χ2n) is 6.76. The molecule has 7 nitrogen and oxygen atoms in total. The summed E-state index contributed by atoms with van der Waals surface area (Å²) in [6.07, 6.45) is -5.25. The van der Waals surface area contributed by atoms with E-state index in [9.17, 15) is 27.2 Å². The molecular weight excluding hydrogens is 432 g/mol. The van der Waals surface area contributed by atoms with E-state index >= 15 is 0 Å². The number of para-hydroxylation sites is 1. The van der Waals surface area contributed by atoms with E-state index in [1.165, 1.54) is 25.1 Å². The minimum Gasteiger partial charge on any atom is -0.481 e. The Morgan fingerprint density at radius 3 is 2.34 bits per heavy atom. The lowest BCUT2D eigenvalue weighted by atomic mass is 10.2. The second kappa shape index (κ2) is 9.08. The average Bonchev–Trinajstić information content (AvgIpc) is 3.19. The number of hydrogen-bond donors (Lipinski definition) is 2. The number of rotatable bonds is 5. The first-order chi connectivity index (χ1) is 15.1. The van der Waals surface area contributed by atoms with Crippen molar-refractivity contribution in [3.63, 3.8) is 0 Å². The van der Waals surface area contributed by atoms with Crippen LogP contribution in [0.5, 0.6) is 5.75 Å². The number of carbonyl (C=O) groups is 2. The predicted molar refractivity (Wildman–Crippen MR) is 105 cm³/mol. The lowest BCUT2D eigenvalue weighted by Crippen LogP contribution is -2.47. The molecule has 1 unspecified atom stereocenters. The molecule has 0 fully saturated rings. The summed E-state index contributed by atoms with van der Waals surface area (Å²) in [4.78, 5) is 24.5. The standard InChI is InChI=1S/C21H18F4N4O3/c1-12-5-3-4-6-17(12)29-18(21(23,24)25)16(11-26-29)20(31)28-27-19(30)13(2)32-15-9-7-14(22)8-10-15/h3-11,13H,1-2H3,(H,27,30)(H,28,31). The molecule has 1 atom stereocenters. The van der Waals surface area contributed by atoms with Crippen molar-refractivity contribution >= 4 is 11.8 Å². The number of halogens is 4. The van der Waals surface area contributed by atoms with Gasteiger partial charge in [-0.15, -0.1) is 0 Å². The summed E-state index contributed by atoms with van der Waals surface area (Å²) in [5, 5.41) is 3.73. The zero-order valence-corrected chi connectivity index (χ0v) is 16.9. The number of carbonyl (C=O) groups excluding carboxylic acids is 2. The molecule has 0 bridgehead atoms. The van der Waals surface area contributed by atoms with E-state index in [0.29, 0.717) is 10.2 Å². The van der Waals surface area contributed by atoms with E-state index in [-0.39, 0.29) is 11.4 Å². The van der Waals surface area contributed by atoms with Gasteiger partial charge in [0.2, 0.25) is 0 Å². The number of alkyl halides is 3. The van der Waals surface area contributed by atoms with Gasteiger partial charge in [0.25, 0.3) is 11.8 Å². The predicted octanol–water partition coefficient (Wildman–Crippen LogP) is 3.57. The fraction of sp³-hybridized carbons (Fsp3) is 0.190. The molecule has 0 radical (unpaired) electrons. The van der Waals surface area contributed by atoms with Crippen LogP contribution in [-0.2, 0) is 11.0 Å². The van der Waals surface area contributed by atoms with Gasteiger partial charge in [0.1, 0.15) is 11.6 Å². The molecule has 1 heterocycles. The summed E-state index contributed by atoms with van der Waals surface area (Å²) in [6.45, 7) is 2.96. The molecule has 2 amide bonds. The Morgan fingerprint density at radius 1 is 1.06 bits per heavy atom. The van der Waals surface area contributed by atoms with E-state index in [4.69, 9.17) is 4.74 Å². The van der Waals surface area contributed by atoms with Crippen molar-refractivity contribution in [1.29, 1.82) is 0 Å². The molecule has 0 aliphatic heterocycles. The maximum atomic E-state index is 13.7. The van der Waals surface area contributed by atoms with Crippen LogP contribution in [0.3, 0.4) is 0 Å². The Morgan fingerprint density at radius 2 is 1.72 bits per heavy atom. The largest absolute Gasteiger partial charge is 0.481 e. The van der Waals surface area contributed by atoms with Crippen LogP contribution in [0, 0.1) is 12.7 Å². The molecular formula is C21H18F4N4O3. The molecule has 0 spiro atoms. The molecule has 0 saturated heterocycles. The van der Waals surface area contributed by atoms with Crippen molar-refractivity contribution in [2.75, 3.05) is 0 Å². The van der Waals surface area contributed by atoms with Gasteiger partial charge in [0.15, 0.2) is 11.8 Å². The fourth-order valence-corrected chi connectivity index (χ4v) is 2.83. The lowest BCUT2D eigenvalue weighted by Gasteiger charge is -2.16.